The number of aliphatic hydroxyl groups is 1. The lowest BCUT2D eigenvalue weighted by atomic mass is 9.66. The van der Waals surface area contributed by atoms with E-state index in [0.29, 0.717) is 44.6 Å². The second kappa shape index (κ2) is 8.45. The highest BCUT2D eigenvalue weighted by molar-refractivity contribution is 5.83. The molecular formula is C20H34N4O3. The van der Waals surface area contributed by atoms with Gasteiger partial charge in [-0.3, -0.25) is 9.59 Å². The smallest absolute Gasteiger partial charge is 0.241 e. The number of fused-ring (bicyclic) bond motifs is 1. The van der Waals surface area contributed by atoms with Crippen LogP contribution >= 0.6 is 0 Å². The molecule has 0 radical (unpaired) electrons. The number of hydrogen-bond donors (Lipinski definition) is 3. The van der Waals surface area contributed by atoms with Gasteiger partial charge in [-0.15, -0.1) is 0 Å². The predicted molar refractivity (Wildman–Crippen MR) is 102 cm³/mol. The zero-order valence-corrected chi connectivity index (χ0v) is 16.2. The molecule has 3 N–H and O–H groups in total. The molecule has 2 saturated carbocycles. The van der Waals surface area contributed by atoms with Crippen LogP contribution in [0.1, 0.15) is 38.5 Å². The highest BCUT2D eigenvalue weighted by Crippen LogP contribution is 2.43. The summed E-state index contributed by atoms with van der Waals surface area (Å²) in [6, 6.07) is -0.149. The molecule has 5 unspecified atom stereocenters. The molecule has 0 bridgehead atoms. The second-order valence-electron chi connectivity index (χ2n) is 8.81. The molecule has 2 saturated heterocycles. The summed E-state index contributed by atoms with van der Waals surface area (Å²) in [5.74, 6) is 1.23. The summed E-state index contributed by atoms with van der Waals surface area (Å²) in [6.45, 7) is 4.75. The van der Waals surface area contributed by atoms with E-state index >= 15 is 0 Å². The third-order valence-electron chi connectivity index (χ3n) is 7.19. The van der Waals surface area contributed by atoms with E-state index in [2.05, 4.69) is 10.6 Å². The van der Waals surface area contributed by atoms with Crippen molar-refractivity contribution in [2.75, 3.05) is 45.8 Å². The van der Waals surface area contributed by atoms with Gasteiger partial charge in [0.2, 0.25) is 11.8 Å². The molecule has 5 atom stereocenters. The molecule has 7 heteroatoms. The highest BCUT2D eigenvalue weighted by atomic mass is 16.3. The Balaban J connectivity index is 1.29. The van der Waals surface area contributed by atoms with E-state index in [9.17, 15) is 14.7 Å². The van der Waals surface area contributed by atoms with Gasteiger partial charge in [-0.1, -0.05) is 25.7 Å². The van der Waals surface area contributed by atoms with Crippen LogP contribution in [0.15, 0.2) is 0 Å². The van der Waals surface area contributed by atoms with E-state index in [1.54, 1.807) is 0 Å². The summed E-state index contributed by atoms with van der Waals surface area (Å²) in [5, 5.41) is 17.1. The molecule has 0 aromatic carbocycles. The fourth-order valence-corrected chi connectivity index (χ4v) is 5.56. The van der Waals surface area contributed by atoms with E-state index in [4.69, 9.17) is 0 Å². The van der Waals surface area contributed by atoms with Crippen LogP contribution in [-0.4, -0.2) is 84.7 Å². The van der Waals surface area contributed by atoms with Crippen LogP contribution in [0.2, 0.25) is 0 Å². The first-order chi connectivity index (χ1) is 13.1. The molecular weight excluding hydrogens is 344 g/mol. The molecule has 2 amide bonds. The van der Waals surface area contributed by atoms with E-state index < -0.39 is 6.10 Å². The van der Waals surface area contributed by atoms with Crippen LogP contribution in [0.3, 0.4) is 0 Å². The maximum atomic E-state index is 13.1. The summed E-state index contributed by atoms with van der Waals surface area (Å²) in [4.78, 5) is 29.4. The van der Waals surface area contributed by atoms with Crippen LogP contribution in [0, 0.1) is 17.8 Å². The molecule has 2 aliphatic carbocycles. The maximum absolute atomic E-state index is 13.1. The van der Waals surface area contributed by atoms with Crippen molar-refractivity contribution in [3.05, 3.63) is 0 Å². The van der Waals surface area contributed by atoms with Gasteiger partial charge < -0.3 is 25.5 Å². The SMILES string of the molecule is O=C(C1CNCCN1)N1CCN(C(=O)C2CC3CCCCC3CC2O)CC1. The summed E-state index contributed by atoms with van der Waals surface area (Å²) < 4.78 is 0. The van der Waals surface area contributed by atoms with Gasteiger partial charge in [0.1, 0.15) is 0 Å². The number of nitrogens with one attached hydrogen (secondary N) is 2. The lowest BCUT2D eigenvalue weighted by molar-refractivity contribution is -0.149. The van der Waals surface area contributed by atoms with Crippen molar-refractivity contribution in [2.45, 2.75) is 50.7 Å². The lowest BCUT2D eigenvalue weighted by Crippen LogP contribution is -2.60. The lowest BCUT2D eigenvalue weighted by Gasteiger charge is -2.44. The van der Waals surface area contributed by atoms with Gasteiger partial charge in [0.05, 0.1) is 18.1 Å². The van der Waals surface area contributed by atoms with Gasteiger partial charge in [0.15, 0.2) is 0 Å². The normalized spacial score (nSPS) is 37.6. The van der Waals surface area contributed by atoms with Crippen molar-refractivity contribution in [3.8, 4) is 0 Å². The van der Waals surface area contributed by atoms with Gasteiger partial charge in [0.25, 0.3) is 0 Å². The Morgan fingerprint density at radius 1 is 0.852 bits per heavy atom. The molecule has 7 nitrogen and oxygen atoms in total. The third kappa shape index (κ3) is 4.15. The standard InChI is InChI=1S/C20H34N4O3/c25-18-12-15-4-2-1-3-14(15)11-16(18)19(26)23-7-9-24(10-8-23)20(27)17-13-21-5-6-22-17/h14-18,21-22,25H,1-13H2. The highest BCUT2D eigenvalue weighted by Gasteiger charge is 2.42. The van der Waals surface area contributed by atoms with Crippen molar-refractivity contribution in [1.29, 1.82) is 0 Å². The Bertz CT molecular complexity index is 543. The third-order valence-corrected chi connectivity index (χ3v) is 7.19. The van der Waals surface area contributed by atoms with Crippen molar-refractivity contribution in [1.82, 2.24) is 20.4 Å². The number of amides is 2. The predicted octanol–water partition coefficient (Wildman–Crippen LogP) is -0.204. The van der Waals surface area contributed by atoms with Gasteiger partial charge in [-0.2, -0.15) is 0 Å². The fourth-order valence-electron chi connectivity index (χ4n) is 5.56. The molecule has 4 fully saturated rings. The zero-order chi connectivity index (χ0) is 18.8. The van der Waals surface area contributed by atoms with Crippen molar-refractivity contribution in [2.24, 2.45) is 17.8 Å². The molecule has 27 heavy (non-hydrogen) atoms. The number of piperazine rings is 2. The molecule has 4 aliphatic rings. The van der Waals surface area contributed by atoms with Crippen LogP contribution in [0.25, 0.3) is 0 Å². The zero-order valence-electron chi connectivity index (χ0n) is 16.2. The van der Waals surface area contributed by atoms with Crippen molar-refractivity contribution >= 4 is 11.8 Å². The minimum atomic E-state index is -0.492. The Hall–Kier alpha value is -1.18. The van der Waals surface area contributed by atoms with Crippen LogP contribution in [0.5, 0.6) is 0 Å². The Kier molecular flexibility index (Phi) is 5.99. The molecule has 0 aromatic rings. The van der Waals surface area contributed by atoms with Gasteiger partial charge in [-0.25, -0.2) is 0 Å². The van der Waals surface area contributed by atoms with Crippen molar-refractivity contribution in [3.63, 3.8) is 0 Å². The molecule has 0 aromatic heterocycles. The van der Waals surface area contributed by atoms with E-state index in [-0.39, 0.29) is 23.8 Å². The topological polar surface area (TPSA) is 84.9 Å². The van der Waals surface area contributed by atoms with Gasteiger partial charge in [-0.05, 0) is 24.7 Å². The monoisotopic (exact) mass is 378 g/mol. The average Bonchev–Trinajstić information content (AvgIpc) is 2.73. The van der Waals surface area contributed by atoms with E-state index in [0.717, 1.165) is 25.9 Å². The van der Waals surface area contributed by atoms with Gasteiger partial charge >= 0.3 is 0 Å². The van der Waals surface area contributed by atoms with Crippen LogP contribution in [0.4, 0.5) is 0 Å². The second-order valence-corrected chi connectivity index (χ2v) is 8.81. The summed E-state index contributed by atoms with van der Waals surface area (Å²) >= 11 is 0. The number of aliphatic hydroxyl groups excluding tert-OH is 1. The maximum Gasteiger partial charge on any atom is 0.241 e. The summed E-state index contributed by atoms with van der Waals surface area (Å²) in [5.41, 5.74) is 0. The van der Waals surface area contributed by atoms with E-state index in [1.165, 1.54) is 25.7 Å². The van der Waals surface area contributed by atoms with Gasteiger partial charge in [0, 0.05) is 45.8 Å². The first kappa shape index (κ1) is 19.2. The molecule has 0 spiro atoms. The molecule has 152 valence electrons. The molecule has 4 rings (SSSR count). The first-order valence-corrected chi connectivity index (χ1v) is 10.8. The number of hydrogen-bond acceptors (Lipinski definition) is 5. The number of nitrogens with zero attached hydrogens (tertiary/aromatic N) is 2. The Morgan fingerprint density at radius 3 is 2.11 bits per heavy atom. The minimum absolute atomic E-state index is 0.107. The van der Waals surface area contributed by atoms with Crippen LogP contribution < -0.4 is 10.6 Å². The fraction of sp³-hybridized carbons (Fsp3) is 0.900. The Morgan fingerprint density at radius 2 is 1.48 bits per heavy atom. The number of carbonyl (C=O) groups is 2. The summed E-state index contributed by atoms with van der Waals surface area (Å²) in [7, 11) is 0. The Labute approximate surface area is 161 Å². The van der Waals surface area contributed by atoms with E-state index in [1.807, 2.05) is 9.80 Å². The number of carbonyl (C=O) groups excluding carboxylic acids is 2. The summed E-state index contributed by atoms with van der Waals surface area (Å²) in [6.07, 6.45) is 6.12. The van der Waals surface area contributed by atoms with Crippen LogP contribution in [-0.2, 0) is 9.59 Å². The number of rotatable bonds is 2. The minimum Gasteiger partial charge on any atom is -0.392 e. The quantitative estimate of drug-likeness (QED) is 0.620. The first-order valence-electron chi connectivity index (χ1n) is 10.8. The molecule has 2 aliphatic heterocycles. The van der Waals surface area contributed by atoms with Crippen molar-refractivity contribution < 1.29 is 14.7 Å². The average molecular weight is 379 g/mol. The molecule has 2 heterocycles. The largest absolute Gasteiger partial charge is 0.392 e.